The average molecular weight is 309 g/mol. The van der Waals surface area contributed by atoms with Crippen LogP contribution in [0.1, 0.15) is 56.2 Å². The molecule has 120 valence electrons. The summed E-state index contributed by atoms with van der Waals surface area (Å²) in [5.74, 6) is 1.70. The largest absolute Gasteiger partial charge is 0.312 e. The van der Waals surface area contributed by atoms with Crippen LogP contribution in [0.2, 0.25) is 0 Å². The second-order valence-corrected chi connectivity index (χ2v) is 8.13. The number of thiophene rings is 1. The molecule has 1 saturated heterocycles. The molecule has 0 aliphatic carbocycles. The van der Waals surface area contributed by atoms with Crippen LogP contribution in [0.3, 0.4) is 0 Å². The summed E-state index contributed by atoms with van der Waals surface area (Å²) >= 11 is 1.99. The van der Waals surface area contributed by atoms with Crippen LogP contribution in [-0.2, 0) is 13.1 Å². The molecule has 0 bridgehead atoms. The minimum Gasteiger partial charge on any atom is -0.312 e. The van der Waals surface area contributed by atoms with Crippen LogP contribution in [-0.4, -0.2) is 24.5 Å². The summed E-state index contributed by atoms with van der Waals surface area (Å²) in [5.41, 5.74) is 0. The Kier molecular flexibility index (Phi) is 7.21. The van der Waals surface area contributed by atoms with Gasteiger partial charge >= 0.3 is 0 Å². The Morgan fingerprint density at radius 3 is 2.81 bits per heavy atom. The predicted molar refractivity (Wildman–Crippen MR) is 93.8 cm³/mol. The number of hydrogen-bond donors (Lipinski definition) is 1. The maximum absolute atomic E-state index is 3.54. The molecule has 1 atom stereocenters. The zero-order valence-electron chi connectivity index (χ0n) is 14.0. The van der Waals surface area contributed by atoms with Crippen molar-refractivity contribution in [3.63, 3.8) is 0 Å². The van der Waals surface area contributed by atoms with E-state index in [1.54, 1.807) is 0 Å². The fraction of sp³-hybridized carbons (Fsp3) is 0.778. The van der Waals surface area contributed by atoms with E-state index in [1.807, 2.05) is 11.3 Å². The zero-order valence-corrected chi connectivity index (χ0v) is 14.8. The highest BCUT2D eigenvalue weighted by atomic mass is 32.1. The third kappa shape index (κ3) is 6.09. The molecule has 2 heterocycles. The van der Waals surface area contributed by atoms with Gasteiger partial charge in [-0.3, -0.25) is 4.90 Å². The SMILES string of the molecule is CCC1CCCN(Cc2ccc(CNCC(C)C)s2)CC1. The molecule has 1 N–H and O–H groups in total. The van der Waals surface area contributed by atoms with Crippen molar-refractivity contribution in [3.05, 3.63) is 21.9 Å². The monoisotopic (exact) mass is 308 g/mol. The Balaban J connectivity index is 1.76. The second kappa shape index (κ2) is 8.92. The van der Waals surface area contributed by atoms with E-state index in [2.05, 4.69) is 43.1 Å². The van der Waals surface area contributed by atoms with Crippen molar-refractivity contribution in [2.24, 2.45) is 11.8 Å². The van der Waals surface area contributed by atoms with Crippen molar-refractivity contribution < 1.29 is 0 Å². The Hall–Kier alpha value is -0.380. The minimum atomic E-state index is 0.730. The van der Waals surface area contributed by atoms with Gasteiger partial charge in [-0.2, -0.15) is 0 Å². The van der Waals surface area contributed by atoms with Crippen molar-refractivity contribution in [2.45, 2.75) is 59.5 Å². The van der Waals surface area contributed by atoms with E-state index in [0.717, 1.165) is 31.5 Å². The number of nitrogens with zero attached hydrogens (tertiary/aromatic N) is 1. The van der Waals surface area contributed by atoms with E-state index in [0.29, 0.717) is 0 Å². The molecule has 1 aromatic rings. The molecule has 0 amide bonds. The Bertz CT molecular complexity index is 400. The van der Waals surface area contributed by atoms with Gasteiger partial charge in [0.1, 0.15) is 0 Å². The molecule has 3 heteroatoms. The fourth-order valence-electron chi connectivity index (χ4n) is 3.10. The summed E-state index contributed by atoms with van der Waals surface area (Å²) in [6.07, 6.45) is 5.57. The molecule has 0 spiro atoms. The third-order valence-corrected chi connectivity index (χ3v) is 5.54. The topological polar surface area (TPSA) is 15.3 Å². The van der Waals surface area contributed by atoms with Gasteiger partial charge in [0, 0.05) is 22.8 Å². The van der Waals surface area contributed by atoms with Crippen molar-refractivity contribution in [1.29, 1.82) is 0 Å². The number of nitrogens with one attached hydrogen (secondary N) is 1. The van der Waals surface area contributed by atoms with E-state index >= 15 is 0 Å². The van der Waals surface area contributed by atoms with Gasteiger partial charge in [-0.15, -0.1) is 11.3 Å². The van der Waals surface area contributed by atoms with E-state index in [1.165, 1.54) is 48.5 Å². The van der Waals surface area contributed by atoms with E-state index < -0.39 is 0 Å². The molecular formula is C18H32N2S. The standard InChI is InChI=1S/C18H32N2S/c1-4-16-6-5-10-20(11-9-16)14-18-8-7-17(21-18)13-19-12-15(2)3/h7-8,15-16,19H,4-6,9-14H2,1-3H3. The molecule has 1 unspecified atom stereocenters. The highest BCUT2D eigenvalue weighted by molar-refractivity contribution is 7.11. The van der Waals surface area contributed by atoms with Gasteiger partial charge in [0.05, 0.1) is 0 Å². The molecule has 1 aromatic heterocycles. The maximum atomic E-state index is 3.54. The van der Waals surface area contributed by atoms with Crippen LogP contribution < -0.4 is 5.32 Å². The molecule has 0 radical (unpaired) electrons. The molecule has 2 rings (SSSR count). The lowest BCUT2D eigenvalue weighted by Gasteiger charge is -2.19. The van der Waals surface area contributed by atoms with Crippen LogP contribution in [0, 0.1) is 11.8 Å². The lowest BCUT2D eigenvalue weighted by atomic mass is 9.98. The van der Waals surface area contributed by atoms with Crippen LogP contribution in [0.5, 0.6) is 0 Å². The summed E-state index contributed by atoms with van der Waals surface area (Å²) < 4.78 is 0. The smallest absolute Gasteiger partial charge is 0.0328 e. The van der Waals surface area contributed by atoms with Crippen LogP contribution in [0.25, 0.3) is 0 Å². The molecule has 2 nitrogen and oxygen atoms in total. The van der Waals surface area contributed by atoms with E-state index in [4.69, 9.17) is 0 Å². The van der Waals surface area contributed by atoms with E-state index in [-0.39, 0.29) is 0 Å². The van der Waals surface area contributed by atoms with Crippen molar-refractivity contribution in [3.8, 4) is 0 Å². The Morgan fingerprint density at radius 1 is 1.24 bits per heavy atom. The first-order chi connectivity index (χ1) is 10.2. The molecule has 0 aromatic carbocycles. The molecule has 21 heavy (non-hydrogen) atoms. The Morgan fingerprint density at radius 2 is 2.05 bits per heavy atom. The summed E-state index contributed by atoms with van der Waals surface area (Å²) in [6.45, 7) is 12.7. The van der Waals surface area contributed by atoms with Gasteiger partial charge in [-0.05, 0) is 62.9 Å². The summed E-state index contributed by atoms with van der Waals surface area (Å²) in [5, 5.41) is 3.54. The van der Waals surface area contributed by atoms with Crippen molar-refractivity contribution in [2.75, 3.05) is 19.6 Å². The normalized spacial score (nSPS) is 20.9. The highest BCUT2D eigenvalue weighted by Gasteiger charge is 2.16. The van der Waals surface area contributed by atoms with Gasteiger partial charge in [-0.25, -0.2) is 0 Å². The first-order valence-corrected chi connectivity index (χ1v) is 9.49. The van der Waals surface area contributed by atoms with Crippen molar-refractivity contribution in [1.82, 2.24) is 10.2 Å². The van der Waals surface area contributed by atoms with Gasteiger partial charge in [-0.1, -0.05) is 27.2 Å². The summed E-state index contributed by atoms with van der Waals surface area (Å²) in [4.78, 5) is 5.67. The number of likely N-dealkylation sites (tertiary alicyclic amines) is 1. The van der Waals surface area contributed by atoms with Crippen LogP contribution in [0.4, 0.5) is 0 Å². The lowest BCUT2D eigenvalue weighted by Crippen LogP contribution is -2.23. The van der Waals surface area contributed by atoms with Gasteiger partial charge in [0.25, 0.3) is 0 Å². The first-order valence-electron chi connectivity index (χ1n) is 8.68. The molecule has 1 fully saturated rings. The Labute approximate surface area is 134 Å². The van der Waals surface area contributed by atoms with Gasteiger partial charge < -0.3 is 5.32 Å². The summed E-state index contributed by atoms with van der Waals surface area (Å²) in [7, 11) is 0. The van der Waals surface area contributed by atoms with Crippen LogP contribution in [0.15, 0.2) is 12.1 Å². The minimum absolute atomic E-state index is 0.730. The highest BCUT2D eigenvalue weighted by Crippen LogP contribution is 2.23. The number of hydrogen-bond acceptors (Lipinski definition) is 3. The lowest BCUT2D eigenvalue weighted by molar-refractivity contribution is 0.274. The quantitative estimate of drug-likeness (QED) is 0.797. The van der Waals surface area contributed by atoms with Crippen LogP contribution >= 0.6 is 11.3 Å². The van der Waals surface area contributed by atoms with Gasteiger partial charge in [0.15, 0.2) is 0 Å². The molecular weight excluding hydrogens is 276 g/mol. The summed E-state index contributed by atoms with van der Waals surface area (Å²) in [6, 6.07) is 4.64. The second-order valence-electron chi connectivity index (χ2n) is 6.87. The third-order valence-electron chi connectivity index (χ3n) is 4.47. The fourth-order valence-corrected chi connectivity index (χ4v) is 4.13. The van der Waals surface area contributed by atoms with E-state index in [9.17, 15) is 0 Å². The van der Waals surface area contributed by atoms with Crippen molar-refractivity contribution >= 4 is 11.3 Å². The van der Waals surface area contributed by atoms with Gasteiger partial charge in [0.2, 0.25) is 0 Å². The number of rotatable bonds is 7. The zero-order chi connectivity index (χ0) is 15.1. The average Bonchev–Trinajstić information content (AvgIpc) is 2.76. The maximum Gasteiger partial charge on any atom is 0.0328 e. The first kappa shape index (κ1) is 17.0. The molecule has 1 aliphatic rings. The molecule has 0 saturated carbocycles. The predicted octanol–water partition coefficient (Wildman–Crippen LogP) is 4.51. The molecule has 1 aliphatic heterocycles.